The Bertz CT molecular complexity index is 744. The van der Waals surface area contributed by atoms with Crippen LogP contribution < -0.4 is 0 Å². The zero-order chi connectivity index (χ0) is 20.1. The molecule has 0 unspecified atom stereocenters. The topological polar surface area (TPSA) is 64.2 Å². The van der Waals surface area contributed by atoms with Crippen LogP contribution >= 0.6 is 11.8 Å². The first-order valence-corrected chi connectivity index (χ1v) is 12.2. The molecule has 2 fully saturated rings. The summed E-state index contributed by atoms with van der Waals surface area (Å²) in [7, 11) is -1.42. The molecule has 1 aromatic carbocycles. The lowest BCUT2D eigenvalue weighted by molar-refractivity contribution is -0.131. The van der Waals surface area contributed by atoms with Crippen molar-refractivity contribution >= 4 is 27.9 Å². The van der Waals surface area contributed by atoms with Gasteiger partial charge in [0, 0.05) is 58.1 Å². The van der Waals surface area contributed by atoms with Gasteiger partial charge < -0.3 is 9.80 Å². The fourth-order valence-electron chi connectivity index (χ4n) is 3.45. The van der Waals surface area contributed by atoms with E-state index < -0.39 is 10.2 Å². The highest BCUT2D eigenvalue weighted by molar-refractivity contribution is 7.99. The molecule has 3 rings (SSSR count). The normalized spacial score (nSPS) is 21.6. The van der Waals surface area contributed by atoms with Crippen molar-refractivity contribution < 1.29 is 13.2 Å². The maximum atomic E-state index is 12.8. The van der Waals surface area contributed by atoms with Gasteiger partial charge in [-0.25, -0.2) is 0 Å². The summed E-state index contributed by atoms with van der Waals surface area (Å²) < 4.78 is 28.8. The van der Waals surface area contributed by atoms with E-state index in [0.29, 0.717) is 39.3 Å². The van der Waals surface area contributed by atoms with Gasteiger partial charge >= 0.3 is 0 Å². The number of piperazine rings is 2. The first-order chi connectivity index (χ1) is 13.4. The minimum atomic E-state index is -3.43. The van der Waals surface area contributed by atoms with Crippen molar-refractivity contribution in [2.24, 2.45) is 0 Å². The van der Waals surface area contributed by atoms with Crippen LogP contribution in [0.4, 0.5) is 0 Å². The van der Waals surface area contributed by atoms with Crippen molar-refractivity contribution in [1.29, 1.82) is 0 Å². The molecule has 0 aliphatic carbocycles. The number of benzene rings is 1. The molecular weight excluding hydrogens is 396 g/mol. The highest BCUT2D eigenvalue weighted by Gasteiger charge is 2.35. The van der Waals surface area contributed by atoms with Gasteiger partial charge in [-0.15, -0.1) is 11.8 Å². The number of likely N-dealkylation sites (N-methyl/N-ethyl adjacent to an activating group) is 1. The smallest absolute Gasteiger partial charge is 0.282 e. The second-order valence-electron chi connectivity index (χ2n) is 7.37. The van der Waals surface area contributed by atoms with Crippen molar-refractivity contribution in [3.05, 3.63) is 35.9 Å². The number of nitrogens with zero attached hydrogens (tertiary/aromatic N) is 4. The van der Waals surface area contributed by atoms with Gasteiger partial charge in [0.2, 0.25) is 5.91 Å². The standard InChI is InChI=1S/C19H30N4O3S2/c1-17(27-16-18-6-4-3-5-7-18)19(24)21-10-14-23(15-11-21)28(25,26)22-12-8-20(2)9-13-22/h3-7,17H,8-16H2,1-2H3/t17-/m0/s1. The molecule has 7 nitrogen and oxygen atoms in total. The van der Waals surface area contributed by atoms with Crippen LogP contribution in [0.5, 0.6) is 0 Å². The SMILES string of the molecule is C[C@H](SCc1ccccc1)C(=O)N1CCN(S(=O)(=O)N2CCN(C)CC2)CC1. The van der Waals surface area contributed by atoms with E-state index in [1.165, 1.54) is 9.87 Å². The van der Waals surface area contributed by atoms with Crippen LogP contribution in [0.2, 0.25) is 0 Å². The molecular formula is C19H30N4O3S2. The number of carbonyl (C=O) groups excluding carboxylic acids is 1. The first kappa shape index (κ1) is 21.6. The molecule has 0 spiro atoms. The Balaban J connectivity index is 1.48. The van der Waals surface area contributed by atoms with Gasteiger partial charge in [0.15, 0.2) is 0 Å². The Hall–Kier alpha value is -1.13. The minimum Gasteiger partial charge on any atom is -0.339 e. The summed E-state index contributed by atoms with van der Waals surface area (Å²) in [6, 6.07) is 10.1. The average molecular weight is 427 g/mol. The van der Waals surface area contributed by atoms with Gasteiger partial charge in [-0.2, -0.15) is 17.0 Å². The summed E-state index contributed by atoms with van der Waals surface area (Å²) in [5.74, 6) is 0.892. The summed E-state index contributed by atoms with van der Waals surface area (Å²) in [6.07, 6.45) is 0. The second-order valence-corrected chi connectivity index (χ2v) is 10.6. The van der Waals surface area contributed by atoms with E-state index in [9.17, 15) is 13.2 Å². The zero-order valence-corrected chi connectivity index (χ0v) is 18.3. The van der Waals surface area contributed by atoms with Gasteiger partial charge in [-0.05, 0) is 19.5 Å². The van der Waals surface area contributed by atoms with E-state index in [1.807, 2.05) is 32.2 Å². The van der Waals surface area contributed by atoms with Crippen LogP contribution in [0.1, 0.15) is 12.5 Å². The molecule has 1 amide bonds. The number of carbonyl (C=O) groups is 1. The molecule has 0 N–H and O–H groups in total. The molecule has 9 heteroatoms. The van der Waals surface area contributed by atoms with Crippen LogP contribution in [0.3, 0.4) is 0 Å². The molecule has 0 aromatic heterocycles. The van der Waals surface area contributed by atoms with E-state index in [1.54, 1.807) is 21.0 Å². The molecule has 2 heterocycles. The van der Waals surface area contributed by atoms with Crippen LogP contribution in [-0.4, -0.2) is 97.4 Å². The number of rotatable bonds is 6. The van der Waals surface area contributed by atoms with Crippen LogP contribution in [0.15, 0.2) is 30.3 Å². The van der Waals surface area contributed by atoms with E-state index >= 15 is 0 Å². The Morgan fingerprint density at radius 3 is 2.07 bits per heavy atom. The third-order valence-electron chi connectivity index (χ3n) is 5.36. The second kappa shape index (κ2) is 9.58. The lowest BCUT2D eigenvalue weighted by Gasteiger charge is -2.39. The Kier molecular flexibility index (Phi) is 7.38. The zero-order valence-electron chi connectivity index (χ0n) is 16.7. The monoisotopic (exact) mass is 426 g/mol. The number of hydrogen-bond donors (Lipinski definition) is 0. The highest BCUT2D eigenvalue weighted by atomic mass is 32.2. The predicted molar refractivity (Wildman–Crippen MR) is 113 cm³/mol. The molecule has 2 aliphatic rings. The molecule has 2 aliphatic heterocycles. The largest absolute Gasteiger partial charge is 0.339 e. The van der Waals surface area contributed by atoms with Crippen molar-refractivity contribution in [3.8, 4) is 0 Å². The van der Waals surface area contributed by atoms with Crippen molar-refractivity contribution in [2.45, 2.75) is 17.9 Å². The third kappa shape index (κ3) is 5.27. The maximum absolute atomic E-state index is 12.8. The van der Waals surface area contributed by atoms with E-state index in [0.717, 1.165) is 18.8 Å². The van der Waals surface area contributed by atoms with E-state index in [4.69, 9.17) is 0 Å². The molecule has 0 saturated carbocycles. The van der Waals surface area contributed by atoms with Crippen LogP contribution in [-0.2, 0) is 20.8 Å². The van der Waals surface area contributed by atoms with Gasteiger partial charge in [0.05, 0.1) is 5.25 Å². The quantitative estimate of drug-likeness (QED) is 0.678. The summed E-state index contributed by atoms with van der Waals surface area (Å²) in [5.41, 5.74) is 1.20. The molecule has 0 radical (unpaired) electrons. The minimum absolute atomic E-state index is 0.0950. The summed E-state index contributed by atoms with van der Waals surface area (Å²) >= 11 is 1.62. The Morgan fingerprint density at radius 1 is 0.964 bits per heavy atom. The van der Waals surface area contributed by atoms with Crippen molar-refractivity contribution in [2.75, 3.05) is 59.4 Å². The molecule has 0 bridgehead atoms. The molecule has 156 valence electrons. The van der Waals surface area contributed by atoms with E-state index in [2.05, 4.69) is 17.0 Å². The van der Waals surface area contributed by atoms with E-state index in [-0.39, 0.29) is 11.2 Å². The van der Waals surface area contributed by atoms with Crippen molar-refractivity contribution in [1.82, 2.24) is 18.4 Å². The fourth-order valence-corrected chi connectivity index (χ4v) is 5.95. The number of hydrogen-bond acceptors (Lipinski definition) is 5. The number of amides is 1. The highest BCUT2D eigenvalue weighted by Crippen LogP contribution is 2.21. The lowest BCUT2D eigenvalue weighted by atomic mass is 10.2. The maximum Gasteiger partial charge on any atom is 0.282 e. The third-order valence-corrected chi connectivity index (χ3v) is 8.59. The van der Waals surface area contributed by atoms with Crippen LogP contribution in [0, 0.1) is 0 Å². The molecule has 1 aromatic rings. The van der Waals surface area contributed by atoms with Gasteiger partial charge in [0.25, 0.3) is 10.2 Å². The predicted octanol–water partition coefficient (Wildman–Crippen LogP) is 0.945. The summed E-state index contributed by atoms with van der Waals surface area (Å²) in [6.45, 7) is 6.18. The Labute approximate surface area is 172 Å². The average Bonchev–Trinajstić information content (AvgIpc) is 2.72. The Morgan fingerprint density at radius 2 is 1.50 bits per heavy atom. The lowest BCUT2D eigenvalue weighted by Crippen LogP contribution is -2.57. The molecule has 28 heavy (non-hydrogen) atoms. The summed E-state index contributed by atoms with van der Waals surface area (Å²) in [5, 5.41) is -0.138. The first-order valence-electron chi connectivity index (χ1n) is 9.76. The van der Waals surface area contributed by atoms with Crippen LogP contribution in [0.25, 0.3) is 0 Å². The molecule has 1 atom stereocenters. The van der Waals surface area contributed by atoms with Gasteiger partial charge in [0.1, 0.15) is 0 Å². The van der Waals surface area contributed by atoms with Crippen molar-refractivity contribution in [3.63, 3.8) is 0 Å². The summed E-state index contributed by atoms with van der Waals surface area (Å²) in [4.78, 5) is 16.7. The van der Waals surface area contributed by atoms with Gasteiger partial charge in [-0.1, -0.05) is 30.3 Å². The number of thioether (sulfide) groups is 1. The fraction of sp³-hybridized carbons (Fsp3) is 0.632. The molecule has 2 saturated heterocycles. The van der Waals surface area contributed by atoms with Gasteiger partial charge in [-0.3, -0.25) is 4.79 Å².